The maximum Gasteiger partial charge on any atom is 0.330 e. The van der Waals surface area contributed by atoms with E-state index in [2.05, 4.69) is 11.4 Å². The standard InChI is InChI=1S/C22H17N3O2/c23-16-20(17-10-4-1-5-11-17)25(21(26)18-12-6-2-7-13-18)22(27)24-19-14-8-3-9-15-19/h1-15,20H,(H,24,27). The zero-order valence-corrected chi connectivity index (χ0v) is 14.4. The minimum absolute atomic E-state index is 0.330. The second-order valence-corrected chi connectivity index (χ2v) is 5.78. The summed E-state index contributed by atoms with van der Waals surface area (Å²) in [7, 11) is 0. The highest BCUT2D eigenvalue weighted by Gasteiger charge is 2.32. The lowest BCUT2D eigenvalue weighted by Gasteiger charge is -2.26. The van der Waals surface area contributed by atoms with Crippen molar-refractivity contribution in [1.29, 1.82) is 5.26 Å². The van der Waals surface area contributed by atoms with E-state index in [0.717, 1.165) is 4.90 Å². The Bertz CT molecular complexity index is 951. The minimum atomic E-state index is -1.05. The van der Waals surface area contributed by atoms with Gasteiger partial charge in [0.15, 0.2) is 6.04 Å². The molecule has 0 saturated carbocycles. The summed E-state index contributed by atoms with van der Waals surface area (Å²) in [6, 6.07) is 26.4. The van der Waals surface area contributed by atoms with Gasteiger partial charge in [-0.3, -0.25) is 4.79 Å². The molecule has 5 heteroatoms. The molecule has 27 heavy (non-hydrogen) atoms. The van der Waals surface area contributed by atoms with E-state index < -0.39 is 18.0 Å². The Morgan fingerprint density at radius 1 is 0.815 bits per heavy atom. The first kappa shape index (κ1) is 17.9. The molecule has 0 fully saturated rings. The van der Waals surface area contributed by atoms with Gasteiger partial charge in [0.1, 0.15) is 0 Å². The molecule has 132 valence electrons. The highest BCUT2D eigenvalue weighted by Crippen LogP contribution is 2.23. The second kappa shape index (κ2) is 8.45. The normalized spacial score (nSPS) is 11.1. The van der Waals surface area contributed by atoms with Crippen LogP contribution in [0.25, 0.3) is 0 Å². The van der Waals surface area contributed by atoms with Crippen molar-refractivity contribution in [3.05, 3.63) is 102 Å². The highest BCUT2D eigenvalue weighted by molar-refractivity contribution is 6.08. The lowest BCUT2D eigenvalue weighted by molar-refractivity contribution is 0.0783. The molecule has 3 aromatic carbocycles. The number of urea groups is 1. The highest BCUT2D eigenvalue weighted by atomic mass is 16.2. The fraction of sp³-hybridized carbons (Fsp3) is 0.0455. The maximum absolute atomic E-state index is 13.1. The van der Waals surface area contributed by atoms with Gasteiger partial charge in [0.05, 0.1) is 6.07 Å². The summed E-state index contributed by atoms with van der Waals surface area (Å²) in [6.45, 7) is 0. The number of hydrogen-bond acceptors (Lipinski definition) is 3. The first-order valence-corrected chi connectivity index (χ1v) is 8.40. The number of nitrogens with one attached hydrogen (secondary N) is 1. The zero-order chi connectivity index (χ0) is 19.1. The van der Waals surface area contributed by atoms with E-state index in [1.54, 1.807) is 78.9 Å². The van der Waals surface area contributed by atoms with E-state index in [1.807, 2.05) is 12.1 Å². The third-order valence-corrected chi connectivity index (χ3v) is 3.98. The monoisotopic (exact) mass is 355 g/mol. The molecule has 0 saturated heterocycles. The molecule has 0 bridgehead atoms. The summed E-state index contributed by atoms with van der Waals surface area (Å²) >= 11 is 0. The fourth-order valence-electron chi connectivity index (χ4n) is 2.67. The zero-order valence-electron chi connectivity index (χ0n) is 14.4. The van der Waals surface area contributed by atoms with E-state index in [0.29, 0.717) is 16.8 Å². The van der Waals surface area contributed by atoms with E-state index >= 15 is 0 Å². The van der Waals surface area contributed by atoms with Gasteiger partial charge < -0.3 is 5.32 Å². The first-order valence-electron chi connectivity index (χ1n) is 8.40. The fourth-order valence-corrected chi connectivity index (χ4v) is 2.67. The molecule has 3 rings (SSSR count). The average molecular weight is 355 g/mol. The van der Waals surface area contributed by atoms with Crippen LogP contribution in [0.3, 0.4) is 0 Å². The molecule has 5 nitrogen and oxygen atoms in total. The van der Waals surface area contributed by atoms with Crippen LogP contribution >= 0.6 is 0 Å². The van der Waals surface area contributed by atoms with Crippen molar-refractivity contribution in [2.45, 2.75) is 6.04 Å². The molecule has 1 N–H and O–H groups in total. The number of nitrogens with zero attached hydrogens (tertiary/aromatic N) is 2. The Morgan fingerprint density at radius 2 is 1.33 bits per heavy atom. The number of rotatable bonds is 4. The van der Waals surface area contributed by atoms with E-state index in [4.69, 9.17) is 0 Å². The molecule has 0 aliphatic heterocycles. The lowest BCUT2D eigenvalue weighted by atomic mass is 10.1. The van der Waals surface area contributed by atoms with Gasteiger partial charge in [-0.25, -0.2) is 9.69 Å². The molecule has 3 aromatic rings. The molecule has 0 radical (unpaired) electrons. The second-order valence-electron chi connectivity index (χ2n) is 5.78. The van der Waals surface area contributed by atoms with Gasteiger partial charge in [-0.1, -0.05) is 66.7 Å². The summed E-state index contributed by atoms with van der Waals surface area (Å²) in [5.74, 6) is -0.542. The summed E-state index contributed by atoms with van der Waals surface area (Å²) in [5, 5.41) is 12.4. The number of amides is 3. The molecule has 0 aliphatic rings. The van der Waals surface area contributed by atoms with E-state index in [1.165, 1.54) is 0 Å². The van der Waals surface area contributed by atoms with Gasteiger partial charge in [-0.2, -0.15) is 5.26 Å². The summed E-state index contributed by atoms with van der Waals surface area (Å²) in [4.78, 5) is 27.0. The lowest BCUT2D eigenvalue weighted by Crippen LogP contribution is -2.42. The summed E-state index contributed by atoms with van der Waals surface area (Å²) in [5.41, 5.74) is 1.43. The van der Waals surface area contributed by atoms with Gasteiger partial charge in [0, 0.05) is 11.3 Å². The number of hydrogen-bond donors (Lipinski definition) is 1. The largest absolute Gasteiger partial charge is 0.330 e. The molecular formula is C22H17N3O2. The van der Waals surface area contributed by atoms with Gasteiger partial charge in [-0.05, 0) is 29.8 Å². The molecule has 0 spiro atoms. The predicted octanol–water partition coefficient (Wildman–Crippen LogP) is 4.63. The summed E-state index contributed by atoms with van der Waals surface area (Å²) in [6.07, 6.45) is 0. The average Bonchev–Trinajstić information content (AvgIpc) is 2.73. The number of carbonyl (C=O) groups is 2. The Balaban J connectivity index is 1.99. The van der Waals surface area contributed by atoms with Crippen LogP contribution in [-0.2, 0) is 0 Å². The smallest absolute Gasteiger partial charge is 0.307 e. The maximum atomic E-state index is 13.1. The Morgan fingerprint density at radius 3 is 1.89 bits per heavy atom. The van der Waals surface area contributed by atoms with Crippen molar-refractivity contribution in [3.63, 3.8) is 0 Å². The number of benzene rings is 3. The Labute approximate surface area is 157 Å². The number of imide groups is 1. The number of anilines is 1. The molecule has 0 aliphatic carbocycles. The van der Waals surface area contributed by atoms with Gasteiger partial charge in [0.25, 0.3) is 5.91 Å². The van der Waals surface area contributed by atoms with Gasteiger partial charge >= 0.3 is 6.03 Å². The Kier molecular flexibility index (Phi) is 5.60. The third kappa shape index (κ3) is 4.20. The quantitative estimate of drug-likeness (QED) is 0.742. The van der Waals surface area contributed by atoms with Crippen LogP contribution in [0.1, 0.15) is 22.0 Å². The van der Waals surface area contributed by atoms with Crippen LogP contribution in [0.4, 0.5) is 10.5 Å². The van der Waals surface area contributed by atoms with Crippen molar-refractivity contribution < 1.29 is 9.59 Å². The first-order chi connectivity index (χ1) is 13.2. The van der Waals surface area contributed by atoms with Crippen LogP contribution in [0, 0.1) is 11.3 Å². The Hall–Kier alpha value is -3.91. The molecule has 1 unspecified atom stereocenters. The van der Waals surface area contributed by atoms with Crippen LogP contribution in [0.15, 0.2) is 91.0 Å². The van der Waals surface area contributed by atoms with Crippen molar-refractivity contribution >= 4 is 17.6 Å². The van der Waals surface area contributed by atoms with Crippen molar-refractivity contribution in [3.8, 4) is 6.07 Å². The molecule has 0 aromatic heterocycles. The molecular weight excluding hydrogens is 338 g/mol. The summed E-state index contributed by atoms with van der Waals surface area (Å²) < 4.78 is 0. The van der Waals surface area contributed by atoms with Crippen LogP contribution in [-0.4, -0.2) is 16.8 Å². The number of nitriles is 1. The van der Waals surface area contributed by atoms with Crippen LogP contribution < -0.4 is 5.32 Å². The van der Waals surface area contributed by atoms with Crippen molar-refractivity contribution in [2.24, 2.45) is 0 Å². The SMILES string of the molecule is N#CC(c1ccccc1)N(C(=O)Nc1ccccc1)C(=O)c1ccccc1. The van der Waals surface area contributed by atoms with Crippen molar-refractivity contribution in [1.82, 2.24) is 4.90 Å². The van der Waals surface area contributed by atoms with E-state index in [-0.39, 0.29) is 0 Å². The minimum Gasteiger partial charge on any atom is -0.307 e. The molecule has 3 amide bonds. The molecule has 0 heterocycles. The van der Waals surface area contributed by atoms with Gasteiger partial charge in [0.2, 0.25) is 0 Å². The van der Waals surface area contributed by atoms with E-state index in [9.17, 15) is 14.9 Å². The number of carbonyl (C=O) groups excluding carboxylic acids is 2. The van der Waals surface area contributed by atoms with Crippen LogP contribution in [0.2, 0.25) is 0 Å². The number of para-hydroxylation sites is 1. The topological polar surface area (TPSA) is 73.2 Å². The van der Waals surface area contributed by atoms with Crippen LogP contribution in [0.5, 0.6) is 0 Å². The molecule has 1 atom stereocenters. The predicted molar refractivity (Wildman–Crippen MR) is 103 cm³/mol. The van der Waals surface area contributed by atoms with Crippen molar-refractivity contribution in [2.75, 3.05) is 5.32 Å². The van der Waals surface area contributed by atoms with Gasteiger partial charge in [-0.15, -0.1) is 0 Å². The third-order valence-electron chi connectivity index (χ3n) is 3.98.